The van der Waals surface area contributed by atoms with Gasteiger partial charge in [0.1, 0.15) is 6.54 Å². The van der Waals surface area contributed by atoms with Crippen LogP contribution in [-0.2, 0) is 14.3 Å². The average molecular weight is 267 g/mol. The fourth-order valence-corrected chi connectivity index (χ4v) is 2.12. The summed E-state index contributed by atoms with van der Waals surface area (Å²) in [6.07, 6.45) is 0.388. The highest BCUT2D eigenvalue weighted by molar-refractivity contribution is 7.99. The maximum Gasteiger partial charge on any atom is 0.325 e. The van der Waals surface area contributed by atoms with E-state index in [1.165, 1.54) is 0 Å². The molecular formula is C13H17NO3S. The molecule has 0 atom stereocenters. The van der Waals surface area contributed by atoms with Crippen molar-refractivity contribution in [2.75, 3.05) is 18.9 Å². The van der Waals surface area contributed by atoms with Crippen LogP contribution in [0.15, 0.2) is 35.2 Å². The topological polar surface area (TPSA) is 55.4 Å². The number of thioether (sulfide) groups is 1. The van der Waals surface area contributed by atoms with E-state index in [1.54, 1.807) is 18.7 Å². The van der Waals surface area contributed by atoms with Gasteiger partial charge in [0.15, 0.2) is 0 Å². The van der Waals surface area contributed by atoms with Gasteiger partial charge in [-0.25, -0.2) is 0 Å². The van der Waals surface area contributed by atoms with Crippen molar-refractivity contribution in [2.24, 2.45) is 0 Å². The van der Waals surface area contributed by atoms with Crippen LogP contribution in [0.4, 0.5) is 0 Å². The van der Waals surface area contributed by atoms with Gasteiger partial charge in [0, 0.05) is 17.1 Å². The van der Waals surface area contributed by atoms with Crippen LogP contribution in [0.5, 0.6) is 0 Å². The third-order valence-corrected chi connectivity index (χ3v) is 3.09. The zero-order valence-corrected chi connectivity index (χ0v) is 11.2. The number of amides is 1. The molecule has 0 bridgehead atoms. The summed E-state index contributed by atoms with van der Waals surface area (Å²) in [6, 6.07) is 9.88. The fraction of sp³-hybridized carbons (Fsp3) is 0.385. The third-order valence-electron chi connectivity index (χ3n) is 2.08. The van der Waals surface area contributed by atoms with Crippen molar-refractivity contribution in [2.45, 2.75) is 18.2 Å². The summed E-state index contributed by atoms with van der Waals surface area (Å²) in [5, 5.41) is 2.53. The standard InChI is InChI=1S/C13H17NO3S/c1-2-17-13(16)10-14-12(15)8-9-18-11-6-4-3-5-7-11/h3-7H,2,8-10H2,1H3,(H,14,15). The molecule has 1 aromatic rings. The van der Waals surface area contributed by atoms with Crippen molar-refractivity contribution >= 4 is 23.6 Å². The lowest BCUT2D eigenvalue weighted by atomic mass is 10.4. The molecule has 4 nitrogen and oxygen atoms in total. The number of carbonyl (C=O) groups is 2. The first-order valence-corrected chi connectivity index (χ1v) is 6.81. The van der Waals surface area contributed by atoms with Crippen molar-refractivity contribution in [3.8, 4) is 0 Å². The molecule has 1 amide bonds. The number of esters is 1. The molecule has 18 heavy (non-hydrogen) atoms. The van der Waals surface area contributed by atoms with E-state index in [4.69, 9.17) is 4.74 Å². The molecule has 0 aliphatic carbocycles. The van der Waals surface area contributed by atoms with Crippen LogP contribution in [0.3, 0.4) is 0 Å². The van der Waals surface area contributed by atoms with Crippen LogP contribution >= 0.6 is 11.8 Å². The van der Waals surface area contributed by atoms with Gasteiger partial charge in [-0.1, -0.05) is 18.2 Å². The number of ether oxygens (including phenoxy) is 1. The van der Waals surface area contributed by atoms with Crippen molar-refractivity contribution in [1.29, 1.82) is 0 Å². The van der Waals surface area contributed by atoms with E-state index >= 15 is 0 Å². The van der Waals surface area contributed by atoms with Gasteiger partial charge in [0.25, 0.3) is 0 Å². The Morgan fingerprint density at radius 1 is 1.28 bits per heavy atom. The largest absolute Gasteiger partial charge is 0.465 e. The number of benzene rings is 1. The molecule has 0 radical (unpaired) electrons. The van der Waals surface area contributed by atoms with E-state index < -0.39 is 5.97 Å². The highest BCUT2D eigenvalue weighted by atomic mass is 32.2. The number of rotatable bonds is 7. The van der Waals surface area contributed by atoms with Gasteiger partial charge in [-0.05, 0) is 19.1 Å². The molecule has 1 rings (SSSR count). The minimum Gasteiger partial charge on any atom is -0.465 e. The Labute approximate surface area is 111 Å². The Hall–Kier alpha value is -1.49. The smallest absolute Gasteiger partial charge is 0.325 e. The summed E-state index contributed by atoms with van der Waals surface area (Å²) >= 11 is 1.62. The van der Waals surface area contributed by atoms with Crippen molar-refractivity contribution in [3.05, 3.63) is 30.3 Å². The van der Waals surface area contributed by atoms with Crippen LogP contribution in [0.1, 0.15) is 13.3 Å². The Kier molecular flexibility index (Phi) is 6.94. The Morgan fingerprint density at radius 3 is 2.67 bits per heavy atom. The molecule has 0 saturated heterocycles. The van der Waals surface area contributed by atoms with E-state index in [0.29, 0.717) is 18.8 Å². The molecule has 0 fully saturated rings. The second-order valence-corrected chi connectivity index (χ2v) is 4.66. The quantitative estimate of drug-likeness (QED) is 0.605. The summed E-state index contributed by atoms with van der Waals surface area (Å²) < 4.78 is 4.71. The van der Waals surface area contributed by atoms with Crippen molar-refractivity contribution in [1.82, 2.24) is 5.32 Å². The first kappa shape index (κ1) is 14.6. The van der Waals surface area contributed by atoms with E-state index in [9.17, 15) is 9.59 Å². The van der Waals surface area contributed by atoms with Crippen LogP contribution in [-0.4, -0.2) is 30.8 Å². The fourth-order valence-electron chi connectivity index (χ4n) is 1.25. The predicted octanol–water partition coefficient (Wildman–Crippen LogP) is 1.85. The molecule has 0 aliphatic rings. The summed E-state index contributed by atoms with van der Waals surface area (Å²) in [4.78, 5) is 23.5. The minimum atomic E-state index is -0.401. The van der Waals surface area contributed by atoms with Crippen molar-refractivity contribution < 1.29 is 14.3 Å². The van der Waals surface area contributed by atoms with Crippen LogP contribution in [0.25, 0.3) is 0 Å². The monoisotopic (exact) mass is 267 g/mol. The lowest BCUT2D eigenvalue weighted by Crippen LogP contribution is -2.30. The van der Waals surface area contributed by atoms with E-state index in [0.717, 1.165) is 4.90 Å². The maximum atomic E-state index is 11.4. The van der Waals surface area contributed by atoms with Crippen molar-refractivity contribution in [3.63, 3.8) is 0 Å². The minimum absolute atomic E-state index is 0.0529. The lowest BCUT2D eigenvalue weighted by molar-refractivity contribution is -0.143. The molecule has 0 aromatic heterocycles. The summed E-state index contributed by atoms with van der Waals surface area (Å²) in [7, 11) is 0. The Balaban J connectivity index is 2.12. The molecule has 0 aliphatic heterocycles. The van der Waals surface area contributed by atoms with Gasteiger partial charge in [0.2, 0.25) is 5.91 Å². The van der Waals surface area contributed by atoms with Crippen LogP contribution in [0.2, 0.25) is 0 Å². The Bertz CT molecular complexity index is 381. The highest BCUT2D eigenvalue weighted by Crippen LogP contribution is 2.17. The predicted molar refractivity (Wildman–Crippen MR) is 71.4 cm³/mol. The second kappa shape index (κ2) is 8.58. The van der Waals surface area contributed by atoms with Gasteiger partial charge in [0.05, 0.1) is 6.61 Å². The average Bonchev–Trinajstić information content (AvgIpc) is 2.38. The van der Waals surface area contributed by atoms with E-state index in [-0.39, 0.29) is 12.5 Å². The normalized spacial score (nSPS) is 9.83. The molecule has 0 unspecified atom stereocenters. The van der Waals surface area contributed by atoms with Gasteiger partial charge >= 0.3 is 5.97 Å². The second-order valence-electron chi connectivity index (χ2n) is 3.49. The molecule has 5 heteroatoms. The molecular weight excluding hydrogens is 250 g/mol. The summed E-state index contributed by atoms with van der Waals surface area (Å²) in [5.74, 6) is 0.159. The van der Waals surface area contributed by atoms with E-state index in [2.05, 4.69) is 5.32 Å². The number of nitrogens with one attached hydrogen (secondary N) is 1. The number of carbonyl (C=O) groups excluding carboxylic acids is 2. The summed E-state index contributed by atoms with van der Waals surface area (Å²) in [5.41, 5.74) is 0. The molecule has 98 valence electrons. The first-order chi connectivity index (χ1) is 8.72. The maximum absolute atomic E-state index is 11.4. The molecule has 0 heterocycles. The lowest BCUT2D eigenvalue weighted by Gasteiger charge is -2.04. The SMILES string of the molecule is CCOC(=O)CNC(=O)CCSc1ccccc1. The van der Waals surface area contributed by atoms with Gasteiger partial charge in [-0.15, -0.1) is 11.8 Å². The molecule has 0 saturated carbocycles. The molecule has 1 N–H and O–H groups in total. The van der Waals surface area contributed by atoms with E-state index in [1.807, 2.05) is 30.3 Å². The Morgan fingerprint density at radius 2 is 2.00 bits per heavy atom. The van der Waals surface area contributed by atoms with Gasteiger partial charge in [-0.2, -0.15) is 0 Å². The summed E-state index contributed by atoms with van der Waals surface area (Å²) in [6.45, 7) is 2.01. The number of hydrogen-bond donors (Lipinski definition) is 1. The molecule has 0 spiro atoms. The van der Waals surface area contributed by atoms with Gasteiger partial charge < -0.3 is 10.1 Å². The van der Waals surface area contributed by atoms with Gasteiger partial charge in [-0.3, -0.25) is 9.59 Å². The third kappa shape index (κ3) is 6.30. The first-order valence-electron chi connectivity index (χ1n) is 5.82. The van der Waals surface area contributed by atoms with Crippen LogP contribution < -0.4 is 5.32 Å². The number of hydrogen-bond acceptors (Lipinski definition) is 4. The zero-order chi connectivity index (χ0) is 13.2. The van der Waals surface area contributed by atoms with Crippen LogP contribution in [0, 0.1) is 0 Å². The highest BCUT2D eigenvalue weighted by Gasteiger charge is 2.05. The zero-order valence-electron chi connectivity index (χ0n) is 10.3. The molecule has 1 aromatic carbocycles.